The van der Waals surface area contributed by atoms with Crippen molar-refractivity contribution in [3.8, 4) is 0 Å². The normalized spacial score (nSPS) is 15.8. The Balaban J connectivity index is 3.30. The van der Waals surface area contributed by atoms with Crippen LogP contribution in [0.15, 0.2) is 6.07 Å². The van der Waals surface area contributed by atoms with Crippen LogP contribution in [0.5, 0.6) is 0 Å². The summed E-state index contributed by atoms with van der Waals surface area (Å²) in [5.74, 6) is -1.34. The summed E-state index contributed by atoms with van der Waals surface area (Å²) in [6.45, 7) is 3.34. The van der Waals surface area contributed by atoms with Gasteiger partial charge in [-0.25, -0.2) is 0 Å². The third-order valence-electron chi connectivity index (χ3n) is 3.21. The predicted molar refractivity (Wildman–Crippen MR) is 84.4 cm³/mol. The van der Waals surface area contributed by atoms with E-state index in [4.69, 9.17) is 57.2 Å². The average molecular weight is 359 g/mol. The lowest BCUT2D eigenvalue weighted by Gasteiger charge is -2.27. The summed E-state index contributed by atoms with van der Waals surface area (Å²) in [6, 6.07) is 1.46. The van der Waals surface area contributed by atoms with Gasteiger partial charge in [0.05, 0.1) is 20.1 Å². The lowest BCUT2D eigenvalue weighted by molar-refractivity contribution is -0.143. The molecule has 20 heavy (non-hydrogen) atoms. The summed E-state index contributed by atoms with van der Waals surface area (Å²) < 4.78 is 0. The van der Waals surface area contributed by atoms with E-state index in [1.807, 2.05) is 6.92 Å². The minimum atomic E-state index is -1.39. The molecule has 2 unspecified atom stereocenters. The van der Waals surface area contributed by atoms with Gasteiger partial charge in [-0.05, 0) is 37.3 Å². The zero-order chi connectivity index (χ0) is 15.7. The Morgan fingerprint density at radius 1 is 1.30 bits per heavy atom. The van der Waals surface area contributed by atoms with Crippen LogP contribution in [0.2, 0.25) is 20.1 Å². The maximum Gasteiger partial charge on any atom is 0.323 e. The molecule has 1 aromatic rings. The van der Waals surface area contributed by atoms with E-state index in [1.165, 1.54) is 13.0 Å². The SMILES string of the molecule is CCC(CC(C)(N)C(=O)O)c1c(Cl)c(Cl)cc(Cl)c1Cl. The van der Waals surface area contributed by atoms with Gasteiger partial charge in [-0.3, -0.25) is 4.79 Å². The third-order valence-corrected chi connectivity index (χ3v) is 4.81. The fourth-order valence-electron chi connectivity index (χ4n) is 2.00. The minimum Gasteiger partial charge on any atom is -0.480 e. The number of rotatable bonds is 5. The topological polar surface area (TPSA) is 63.3 Å². The molecule has 0 heterocycles. The van der Waals surface area contributed by atoms with Crippen molar-refractivity contribution in [2.24, 2.45) is 5.73 Å². The zero-order valence-corrected chi connectivity index (χ0v) is 14.0. The Labute approximate surface area is 137 Å². The lowest BCUT2D eigenvalue weighted by Crippen LogP contribution is -2.46. The molecule has 0 aromatic heterocycles. The minimum absolute atomic E-state index is 0.176. The van der Waals surface area contributed by atoms with Crippen molar-refractivity contribution in [3.63, 3.8) is 0 Å². The first-order valence-corrected chi connectivity index (χ1v) is 7.48. The van der Waals surface area contributed by atoms with E-state index in [9.17, 15) is 4.79 Å². The van der Waals surface area contributed by atoms with E-state index < -0.39 is 11.5 Å². The molecule has 0 fully saturated rings. The number of benzene rings is 1. The standard InChI is InChI=1S/C13H15Cl4NO2/c1-3-6(5-13(2,18)12(19)20)9-10(16)7(14)4-8(15)11(9)17/h4,6H,3,5,18H2,1-2H3,(H,19,20). The van der Waals surface area contributed by atoms with Crippen LogP contribution in [-0.2, 0) is 4.79 Å². The van der Waals surface area contributed by atoms with Crippen molar-refractivity contribution in [1.29, 1.82) is 0 Å². The summed E-state index contributed by atoms with van der Waals surface area (Å²) in [5, 5.41) is 10.3. The van der Waals surface area contributed by atoms with Crippen LogP contribution >= 0.6 is 46.4 Å². The number of nitrogens with two attached hydrogens (primary N) is 1. The van der Waals surface area contributed by atoms with Gasteiger partial charge in [0.1, 0.15) is 5.54 Å². The molecule has 0 bridgehead atoms. The first-order valence-electron chi connectivity index (χ1n) is 5.97. The molecule has 3 nitrogen and oxygen atoms in total. The van der Waals surface area contributed by atoms with Crippen LogP contribution in [0.4, 0.5) is 0 Å². The fraction of sp³-hybridized carbons (Fsp3) is 0.462. The number of hydrogen-bond donors (Lipinski definition) is 2. The molecule has 1 aromatic carbocycles. The second-order valence-electron chi connectivity index (χ2n) is 4.91. The number of hydrogen-bond acceptors (Lipinski definition) is 2. The van der Waals surface area contributed by atoms with E-state index in [2.05, 4.69) is 0 Å². The summed E-state index contributed by atoms with van der Waals surface area (Å²) in [7, 11) is 0. The number of aliphatic carboxylic acids is 1. The van der Waals surface area contributed by atoms with Crippen molar-refractivity contribution in [3.05, 3.63) is 31.7 Å². The number of carbonyl (C=O) groups is 1. The first-order chi connectivity index (χ1) is 9.11. The van der Waals surface area contributed by atoms with Gasteiger partial charge in [-0.2, -0.15) is 0 Å². The summed E-state index contributed by atoms with van der Waals surface area (Å²) >= 11 is 24.4. The largest absolute Gasteiger partial charge is 0.480 e. The van der Waals surface area contributed by atoms with Crippen molar-refractivity contribution >= 4 is 52.4 Å². The zero-order valence-electron chi connectivity index (χ0n) is 11.0. The van der Waals surface area contributed by atoms with Crippen molar-refractivity contribution in [1.82, 2.24) is 0 Å². The fourth-order valence-corrected chi connectivity index (χ4v) is 3.13. The predicted octanol–water partition coefficient (Wildman–Crippen LogP) is 4.99. The Hall–Kier alpha value is -0.190. The van der Waals surface area contributed by atoms with Crippen LogP contribution in [-0.4, -0.2) is 16.6 Å². The smallest absolute Gasteiger partial charge is 0.323 e. The Kier molecular flexibility index (Phi) is 6.00. The molecular weight excluding hydrogens is 344 g/mol. The van der Waals surface area contributed by atoms with Gasteiger partial charge >= 0.3 is 5.97 Å². The molecule has 1 rings (SSSR count). The Morgan fingerprint density at radius 3 is 2.10 bits per heavy atom. The molecule has 112 valence electrons. The highest BCUT2D eigenvalue weighted by Gasteiger charge is 2.33. The van der Waals surface area contributed by atoms with E-state index in [1.54, 1.807) is 0 Å². The molecule has 2 atom stereocenters. The number of halogens is 4. The second kappa shape index (κ2) is 6.71. The summed E-state index contributed by atoms with van der Waals surface area (Å²) in [6.07, 6.45) is 0.783. The average Bonchev–Trinajstić information content (AvgIpc) is 2.35. The molecule has 3 N–H and O–H groups in total. The number of carboxylic acid groups (broad SMARTS) is 1. The van der Waals surface area contributed by atoms with Crippen molar-refractivity contribution in [2.45, 2.75) is 38.1 Å². The number of carboxylic acids is 1. The highest BCUT2D eigenvalue weighted by molar-refractivity contribution is 6.48. The Morgan fingerprint density at radius 2 is 1.75 bits per heavy atom. The molecule has 0 aliphatic carbocycles. The molecular formula is C13H15Cl4NO2. The highest BCUT2D eigenvalue weighted by Crippen LogP contribution is 2.44. The summed E-state index contributed by atoms with van der Waals surface area (Å²) in [5.41, 5.74) is 4.96. The van der Waals surface area contributed by atoms with Crippen LogP contribution in [0, 0.1) is 0 Å². The molecule has 0 radical (unpaired) electrons. The summed E-state index contributed by atoms with van der Waals surface area (Å²) in [4.78, 5) is 11.2. The van der Waals surface area contributed by atoms with E-state index in [0.717, 1.165) is 0 Å². The molecule has 7 heteroatoms. The monoisotopic (exact) mass is 357 g/mol. The van der Waals surface area contributed by atoms with E-state index in [0.29, 0.717) is 12.0 Å². The van der Waals surface area contributed by atoms with Gasteiger partial charge in [0.2, 0.25) is 0 Å². The van der Waals surface area contributed by atoms with Crippen molar-refractivity contribution < 1.29 is 9.90 Å². The van der Waals surface area contributed by atoms with Gasteiger partial charge in [-0.15, -0.1) is 0 Å². The van der Waals surface area contributed by atoms with E-state index in [-0.39, 0.29) is 32.4 Å². The van der Waals surface area contributed by atoms with Crippen LogP contribution in [0.25, 0.3) is 0 Å². The van der Waals surface area contributed by atoms with Crippen LogP contribution in [0.1, 0.15) is 38.2 Å². The second-order valence-corrected chi connectivity index (χ2v) is 6.48. The van der Waals surface area contributed by atoms with Gasteiger partial charge < -0.3 is 10.8 Å². The molecule has 0 saturated carbocycles. The van der Waals surface area contributed by atoms with E-state index >= 15 is 0 Å². The molecule has 0 saturated heterocycles. The van der Waals surface area contributed by atoms with Gasteiger partial charge in [0.25, 0.3) is 0 Å². The van der Waals surface area contributed by atoms with Gasteiger partial charge in [0.15, 0.2) is 0 Å². The van der Waals surface area contributed by atoms with Crippen LogP contribution < -0.4 is 5.73 Å². The highest BCUT2D eigenvalue weighted by atomic mass is 35.5. The maximum atomic E-state index is 11.2. The lowest BCUT2D eigenvalue weighted by atomic mass is 9.83. The third kappa shape index (κ3) is 3.71. The quantitative estimate of drug-likeness (QED) is 0.729. The van der Waals surface area contributed by atoms with Crippen LogP contribution in [0.3, 0.4) is 0 Å². The van der Waals surface area contributed by atoms with Crippen molar-refractivity contribution in [2.75, 3.05) is 0 Å². The molecule has 0 aliphatic heterocycles. The van der Waals surface area contributed by atoms with Gasteiger partial charge in [-0.1, -0.05) is 53.3 Å². The molecule has 0 aliphatic rings. The molecule has 0 amide bonds. The maximum absolute atomic E-state index is 11.2. The first kappa shape index (κ1) is 17.9. The Bertz CT molecular complexity index is 505. The molecule has 0 spiro atoms. The van der Waals surface area contributed by atoms with Gasteiger partial charge in [0, 0.05) is 0 Å².